The average Bonchev–Trinajstić information content (AvgIpc) is 2.47. The predicted octanol–water partition coefficient (Wildman–Crippen LogP) is 1.40. The fourth-order valence-corrected chi connectivity index (χ4v) is 2.42. The summed E-state index contributed by atoms with van der Waals surface area (Å²) < 4.78 is 0. The summed E-state index contributed by atoms with van der Waals surface area (Å²) >= 11 is 0. The Morgan fingerprint density at radius 2 is 1.95 bits per heavy atom. The van der Waals surface area contributed by atoms with Crippen LogP contribution in [0.2, 0.25) is 0 Å². The molecule has 0 spiro atoms. The fraction of sp³-hybridized carbons (Fsp3) is 0.467. The second-order valence-electron chi connectivity index (χ2n) is 5.07. The number of benzene rings is 1. The molecule has 1 heterocycles. The van der Waals surface area contributed by atoms with E-state index in [2.05, 4.69) is 5.32 Å². The third-order valence-corrected chi connectivity index (χ3v) is 3.66. The van der Waals surface area contributed by atoms with Gasteiger partial charge in [0.05, 0.1) is 5.56 Å². The smallest absolute Gasteiger partial charge is 0.255 e. The Bertz CT molecular complexity index is 494. The van der Waals surface area contributed by atoms with Crippen LogP contribution < -0.4 is 11.1 Å². The van der Waals surface area contributed by atoms with E-state index in [1.807, 2.05) is 19.1 Å². The van der Waals surface area contributed by atoms with Gasteiger partial charge in [-0.15, -0.1) is 0 Å². The highest BCUT2D eigenvalue weighted by molar-refractivity contribution is 5.99. The molecule has 5 heteroatoms. The molecule has 108 valence electrons. The van der Waals surface area contributed by atoms with Gasteiger partial charge in [0.2, 0.25) is 5.91 Å². The molecule has 2 rings (SSSR count). The number of carbonyl (C=O) groups is 2. The molecule has 0 saturated carbocycles. The maximum absolute atomic E-state index is 12.4. The lowest BCUT2D eigenvalue weighted by Gasteiger charge is -2.32. The number of amides is 2. The summed E-state index contributed by atoms with van der Waals surface area (Å²) in [6.45, 7) is 3.15. The number of para-hydroxylation sites is 1. The molecule has 0 aliphatic carbocycles. The van der Waals surface area contributed by atoms with E-state index >= 15 is 0 Å². The minimum atomic E-state index is -0.0247. The van der Waals surface area contributed by atoms with Gasteiger partial charge in [-0.1, -0.05) is 19.1 Å². The number of rotatable bonds is 3. The summed E-state index contributed by atoms with van der Waals surface area (Å²) in [6, 6.07) is 7.31. The van der Waals surface area contributed by atoms with Crippen molar-refractivity contribution in [1.29, 1.82) is 0 Å². The van der Waals surface area contributed by atoms with Gasteiger partial charge in [0.25, 0.3) is 5.91 Å². The van der Waals surface area contributed by atoms with Crippen LogP contribution in [0.25, 0.3) is 0 Å². The van der Waals surface area contributed by atoms with E-state index in [4.69, 9.17) is 5.73 Å². The molecular formula is C15H21N3O2. The van der Waals surface area contributed by atoms with Gasteiger partial charge in [-0.25, -0.2) is 0 Å². The van der Waals surface area contributed by atoms with E-state index < -0.39 is 0 Å². The second kappa shape index (κ2) is 6.41. The summed E-state index contributed by atoms with van der Waals surface area (Å²) in [5, 5.41) is 2.98. The van der Waals surface area contributed by atoms with E-state index in [1.54, 1.807) is 17.0 Å². The molecule has 0 bridgehead atoms. The van der Waals surface area contributed by atoms with Crippen LogP contribution in [0.3, 0.4) is 0 Å². The zero-order chi connectivity index (χ0) is 14.5. The maximum atomic E-state index is 12.4. The van der Waals surface area contributed by atoms with Crippen molar-refractivity contribution in [3.8, 4) is 0 Å². The molecule has 1 saturated heterocycles. The number of hydrogen-bond donors (Lipinski definition) is 2. The topological polar surface area (TPSA) is 75.4 Å². The van der Waals surface area contributed by atoms with Crippen LogP contribution in [0.5, 0.6) is 0 Å². The van der Waals surface area contributed by atoms with Crippen LogP contribution in [0.15, 0.2) is 24.3 Å². The number of nitrogens with zero attached hydrogens (tertiary/aromatic N) is 1. The van der Waals surface area contributed by atoms with Gasteiger partial charge in [-0.05, 0) is 25.0 Å². The first-order valence-corrected chi connectivity index (χ1v) is 7.05. The quantitative estimate of drug-likeness (QED) is 0.819. The standard InChI is InChI=1S/C15H21N3O2/c1-2-14(19)17-11-7-9-18(10-8-11)15(20)12-5-3-4-6-13(12)16/h3-6,11H,2,7-10,16H2,1H3,(H,17,19). The van der Waals surface area contributed by atoms with Crippen LogP contribution in [0.4, 0.5) is 5.69 Å². The van der Waals surface area contributed by atoms with E-state index in [9.17, 15) is 9.59 Å². The average molecular weight is 275 g/mol. The highest BCUT2D eigenvalue weighted by Gasteiger charge is 2.25. The Hall–Kier alpha value is -2.04. The highest BCUT2D eigenvalue weighted by atomic mass is 16.2. The molecule has 1 aliphatic heterocycles. The highest BCUT2D eigenvalue weighted by Crippen LogP contribution is 2.17. The Labute approximate surface area is 119 Å². The first kappa shape index (κ1) is 14.4. The van der Waals surface area contributed by atoms with Gasteiger partial charge in [-0.2, -0.15) is 0 Å². The number of nitrogen functional groups attached to an aromatic ring is 1. The number of anilines is 1. The fourth-order valence-electron chi connectivity index (χ4n) is 2.42. The molecule has 0 radical (unpaired) electrons. The van der Waals surface area contributed by atoms with E-state index in [-0.39, 0.29) is 17.9 Å². The molecule has 3 N–H and O–H groups in total. The molecule has 1 aliphatic rings. The molecule has 0 atom stereocenters. The molecule has 1 aromatic carbocycles. The van der Waals surface area contributed by atoms with Crippen molar-refractivity contribution in [1.82, 2.24) is 10.2 Å². The number of hydrogen-bond acceptors (Lipinski definition) is 3. The summed E-state index contributed by atoms with van der Waals surface area (Å²) in [7, 11) is 0. The van der Waals surface area contributed by atoms with Gasteiger partial charge in [-0.3, -0.25) is 9.59 Å². The molecule has 5 nitrogen and oxygen atoms in total. The van der Waals surface area contributed by atoms with Crippen LogP contribution >= 0.6 is 0 Å². The maximum Gasteiger partial charge on any atom is 0.255 e. The summed E-state index contributed by atoms with van der Waals surface area (Å²) in [5.41, 5.74) is 6.91. The largest absolute Gasteiger partial charge is 0.398 e. The lowest BCUT2D eigenvalue weighted by molar-refractivity contribution is -0.121. The minimum absolute atomic E-state index is 0.0247. The van der Waals surface area contributed by atoms with E-state index in [0.29, 0.717) is 30.8 Å². The Kier molecular flexibility index (Phi) is 4.61. The zero-order valence-electron chi connectivity index (χ0n) is 11.8. The lowest BCUT2D eigenvalue weighted by atomic mass is 10.0. The predicted molar refractivity (Wildman–Crippen MR) is 78.2 cm³/mol. The zero-order valence-corrected chi connectivity index (χ0v) is 11.8. The minimum Gasteiger partial charge on any atom is -0.398 e. The Morgan fingerprint density at radius 1 is 1.30 bits per heavy atom. The SMILES string of the molecule is CCC(=O)NC1CCN(C(=O)c2ccccc2N)CC1. The van der Waals surface area contributed by atoms with Gasteiger partial charge < -0.3 is 16.0 Å². The van der Waals surface area contributed by atoms with Crippen molar-refractivity contribution in [3.05, 3.63) is 29.8 Å². The van der Waals surface area contributed by atoms with Crippen molar-refractivity contribution in [2.75, 3.05) is 18.8 Å². The number of piperidine rings is 1. The molecule has 1 aromatic rings. The first-order chi connectivity index (χ1) is 9.61. The summed E-state index contributed by atoms with van der Waals surface area (Å²) in [5.74, 6) is 0.0467. The third-order valence-electron chi connectivity index (χ3n) is 3.66. The van der Waals surface area contributed by atoms with Crippen LogP contribution in [-0.4, -0.2) is 35.8 Å². The third kappa shape index (κ3) is 3.29. The first-order valence-electron chi connectivity index (χ1n) is 7.05. The lowest BCUT2D eigenvalue weighted by Crippen LogP contribution is -2.46. The van der Waals surface area contributed by atoms with Crippen molar-refractivity contribution in [2.45, 2.75) is 32.2 Å². The van der Waals surface area contributed by atoms with Gasteiger partial charge >= 0.3 is 0 Å². The van der Waals surface area contributed by atoms with Gasteiger partial charge in [0, 0.05) is 31.2 Å². The van der Waals surface area contributed by atoms with Gasteiger partial charge in [0.15, 0.2) is 0 Å². The van der Waals surface area contributed by atoms with Gasteiger partial charge in [0.1, 0.15) is 0 Å². The summed E-state index contributed by atoms with van der Waals surface area (Å²) in [4.78, 5) is 25.5. The van der Waals surface area contributed by atoms with Crippen LogP contribution in [0, 0.1) is 0 Å². The van der Waals surface area contributed by atoms with Crippen molar-refractivity contribution < 1.29 is 9.59 Å². The molecular weight excluding hydrogens is 254 g/mol. The normalized spacial score (nSPS) is 15.9. The molecule has 0 aromatic heterocycles. The van der Waals surface area contributed by atoms with E-state index in [0.717, 1.165) is 12.8 Å². The molecule has 1 fully saturated rings. The molecule has 2 amide bonds. The monoisotopic (exact) mass is 275 g/mol. The summed E-state index contributed by atoms with van der Waals surface area (Å²) in [6.07, 6.45) is 2.09. The second-order valence-corrected chi connectivity index (χ2v) is 5.07. The van der Waals surface area contributed by atoms with E-state index in [1.165, 1.54) is 0 Å². The van der Waals surface area contributed by atoms with Crippen molar-refractivity contribution >= 4 is 17.5 Å². The number of likely N-dealkylation sites (tertiary alicyclic amines) is 1. The van der Waals surface area contributed by atoms with Crippen molar-refractivity contribution in [3.63, 3.8) is 0 Å². The Morgan fingerprint density at radius 3 is 2.55 bits per heavy atom. The van der Waals surface area contributed by atoms with Crippen LogP contribution in [0.1, 0.15) is 36.5 Å². The molecule has 20 heavy (non-hydrogen) atoms. The Balaban J connectivity index is 1.92. The number of nitrogens with one attached hydrogen (secondary N) is 1. The number of nitrogens with two attached hydrogens (primary N) is 1. The van der Waals surface area contributed by atoms with Crippen LogP contribution in [-0.2, 0) is 4.79 Å². The molecule has 0 unspecified atom stereocenters. The van der Waals surface area contributed by atoms with Crippen molar-refractivity contribution in [2.24, 2.45) is 0 Å². The number of carbonyl (C=O) groups excluding carboxylic acids is 2.